The fourth-order valence-corrected chi connectivity index (χ4v) is 4.03. The van der Waals surface area contributed by atoms with Crippen molar-refractivity contribution in [3.05, 3.63) is 59.7 Å². The van der Waals surface area contributed by atoms with Crippen molar-refractivity contribution in [2.24, 2.45) is 0 Å². The number of amidine groups is 1. The molecule has 7 nitrogen and oxygen atoms in total. The van der Waals surface area contributed by atoms with Crippen molar-refractivity contribution in [1.29, 1.82) is 5.41 Å². The number of carbonyl (C=O) groups is 3. The number of aryl methyl sites for hydroxylation is 1. The SMILES string of the molecule is CCOC(=O)c1ccc(NC(=O)C[C@@H]2SC(=N)N(c3ccc(CC)cc3)C2=O)cc1. The van der Waals surface area contributed by atoms with Crippen LogP contribution in [0.4, 0.5) is 11.4 Å². The first-order chi connectivity index (χ1) is 14.4. The van der Waals surface area contributed by atoms with Crippen LogP contribution < -0.4 is 10.2 Å². The Labute approximate surface area is 179 Å². The van der Waals surface area contributed by atoms with E-state index in [0.717, 1.165) is 23.7 Å². The highest BCUT2D eigenvalue weighted by atomic mass is 32.2. The fraction of sp³-hybridized carbons (Fsp3) is 0.273. The average molecular weight is 426 g/mol. The molecule has 1 fully saturated rings. The summed E-state index contributed by atoms with van der Waals surface area (Å²) in [6.45, 7) is 4.07. The molecule has 2 aromatic rings. The number of hydrogen-bond donors (Lipinski definition) is 2. The van der Waals surface area contributed by atoms with Crippen molar-refractivity contribution in [3.8, 4) is 0 Å². The molecule has 1 heterocycles. The van der Waals surface area contributed by atoms with Crippen LogP contribution in [-0.2, 0) is 20.7 Å². The van der Waals surface area contributed by atoms with Crippen LogP contribution in [-0.4, -0.2) is 34.8 Å². The standard InChI is InChI=1S/C22H23N3O4S/c1-3-14-5-11-17(12-6-14)25-20(27)18(30-22(25)23)13-19(26)24-16-9-7-15(8-10-16)21(28)29-4-2/h5-12,18,23H,3-4,13H2,1-2H3,(H,24,26)/t18-/m0/s1. The molecule has 8 heteroatoms. The van der Waals surface area contributed by atoms with Gasteiger partial charge in [-0.05, 0) is 55.3 Å². The van der Waals surface area contributed by atoms with Gasteiger partial charge in [-0.15, -0.1) is 0 Å². The maximum Gasteiger partial charge on any atom is 0.338 e. The van der Waals surface area contributed by atoms with Gasteiger partial charge in [-0.2, -0.15) is 0 Å². The van der Waals surface area contributed by atoms with Crippen LogP contribution in [0.5, 0.6) is 0 Å². The summed E-state index contributed by atoms with van der Waals surface area (Å²) in [4.78, 5) is 38.2. The van der Waals surface area contributed by atoms with E-state index in [1.54, 1.807) is 31.2 Å². The first-order valence-corrected chi connectivity index (χ1v) is 10.6. The molecule has 0 radical (unpaired) electrons. The Bertz CT molecular complexity index is 957. The van der Waals surface area contributed by atoms with Crippen LogP contribution in [0.15, 0.2) is 48.5 Å². The van der Waals surface area contributed by atoms with Gasteiger partial charge in [0.15, 0.2) is 5.17 Å². The van der Waals surface area contributed by atoms with E-state index in [1.165, 1.54) is 4.90 Å². The number of anilines is 2. The minimum absolute atomic E-state index is 0.0466. The van der Waals surface area contributed by atoms with Gasteiger partial charge in [0, 0.05) is 12.1 Å². The molecule has 0 bridgehead atoms. The number of thioether (sulfide) groups is 1. The largest absolute Gasteiger partial charge is 0.462 e. The highest BCUT2D eigenvalue weighted by molar-refractivity contribution is 8.16. The third kappa shape index (κ3) is 4.88. The van der Waals surface area contributed by atoms with Crippen molar-refractivity contribution in [2.75, 3.05) is 16.8 Å². The maximum atomic E-state index is 12.8. The second kappa shape index (κ2) is 9.58. The molecule has 156 valence electrons. The summed E-state index contributed by atoms with van der Waals surface area (Å²) in [5.74, 6) is -1.03. The van der Waals surface area contributed by atoms with Gasteiger partial charge in [0.25, 0.3) is 0 Å². The van der Waals surface area contributed by atoms with E-state index in [4.69, 9.17) is 10.1 Å². The Morgan fingerprint density at radius 1 is 1.10 bits per heavy atom. The lowest BCUT2D eigenvalue weighted by Gasteiger charge is -2.16. The summed E-state index contributed by atoms with van der Waals surface area (Å²) in [5, 5.41) is 10.3. The van der Waals surface area contributed by atoms with Gasteiger partial charge in [0.05, 0.1) is 17.9 Å². The summed E-state index contributed by atoms with van der Waals surface area (Å²) in [5.41, 5.74) is 2.70. The topological polar surface area (TPSA) is 99.6 Å². The zero-order chi connectivity index (χ0) is 21.7. The third-order valence-corrected chi connectivity index (χ3v) is 5.66. The average Bonchev–Trinajstić information content (AvgIpc) is 3.01. The smallest absolute Gasteiger partial charge is 0.338 e. The molecule has 0 saturated carbocycles. The molecule has 1 saturated heterocycles. The van der Waals surface area contributed by atoms with E-state index in [0.29, 0.717) is 23.5 Å². The molecule has 1 aliphatic heterocycles. The van der Waals surface area contributed by atoms with Crippen molar-refractivity contribution >= 4 is 46.1 Å². The van der Waals surface area contributed by atoms with E-state index in [2.05, 4.69) is 5.32 Å². The van der Waals surface area contributed by atoms with Gasteiger partial charge < -0.3 is 10.1 Å². The number of nitrogens with one attached hydrogen (secondary N) is 2. The molecule has 0 aromatic heterocycles. The molecule has 1 atom stereocenters. The predicted octanol–water partition coefficient (Wildman–Crippen LogP) is 3.84. The highest BCUT2D eigenvalue weighted by Gasteiger charge is 2.39. The molecule has 3 rings (SSSR count). The minimum atomic E-state index is -0.651. The van der Waals surface area contributed by atoms with Crippen LogP contribution in [0.3, 0.4) is 0 Å². The number of ether oxygens (including phenoxy) is 1. The van der Waals surface area contributed by atoms with Gasteiger partial charge in [0.1, 0.15) is 5.25 Å². The number of carbonyl (C=O) groups excluding carboxylic acids is 3. The normalized spacial score (nSPS) is 15.9. The fourth-order valence-electron chi connectivity index (χ4n) is 3.02. The number of nitrogens with zero attached hydrogens (tertiary/aromatic N) is 1. The Morgan fingerprint density at radius 2 is 1.77 bits per heavy atom. The van der Waals surface area contributed by atoms with Crippen molar-refractivity contribution in [2.45, 2.75) is 31.9 Å². The van der Waals surface area contributed by atoms with Crippen LogP contribution in [0.1, 0.15) is 36.2 Å². The van der Waals surface area contributed by atoms with E-state index < -0.39 is 11.2 Å². The Kier molecular flexibility index (Phi) is 6.89. The molecule has 0 aliphatic carbocycles. The second-order valence-corrected chi connectivity index (χ2v) is 7.85. The van der Waals surface area contributed by atoms with Crippen molar-refractivity contribution < 1.29 is 19.1 Å². The van der Waals surface area contributed by atoms with Gasteiger partial charge >= 0.3 is 5.97 Å². The van der Waals surface area contributed by atoms with E-state index in [-0.39, 0.29) is 23.4 Å². The Morgan fingerprint density at radius 3 is 2.37 bits per heavy atom. The molecule has 2 N–H and O–H groups in total. The summed E-state index contributed by atoms with van der Waals surface area (Å²) >= 11 is 1.07. The van der Waals surface area contributed by atoms with E-state index >= 15 is 0 Å². The number of hydrogen-bond acceptors (Lipinski definition) is 6. The number of rotatable bonds is 7. The van der Waals surface area contributed by atoms with Crippen molar-refractivity contribution in [3.63, 3.8) is 0 Å². The molecule has 1 aliphatic rings. The first kappa shape index (κ1) is 21.6. The quantitative estimate of drug-likeness (QED) is 0.657. The molecule has 2 aromatic carbocycles. The molecule has 0 spiro atoms. The number of esters is 1. The summed E-state index contributed by atoms with van der Waals surface area (Å²) < 4.78 is 4.93. The molecular formula is C22H23N3O4S. The maximum absolute atomic E-state index is 12.8. The lowest BCUT2D eigenvalue weighted by Crippen LogP contribution is -2.33. The minimum Gasteiger partial charge on any atom is -0.462 e. The predicted molar refractivity (Wildman–Crippen MR) is 118 cm³/mol. The van der Waals surface area contributed by atoms with Gasteiger partial charge in [-0.1, -0.05) is 30.8 Å². The Balaban J connectivity index is 1.60. The van der Waals surface area contributed by atoms with Gasteiger partial charge in [0.2, 0.25) is 11.8 Å². The van der Waals surface area contributed by atoms with Crippen LogP contribution >= 0.6 is 11.8 Å². The summed E-state index contributed by atoms with van der Waals surface area (Å²) in [6, 6.07) is 13.9. The number of benzene rings is 2. The lowest BCUT2D eigenvalue weighted by molar-refractivity contribution is -0.121. The number of amides is 2. The van der Waals surface area contributed by atoms with Gasteiger partial charge in [-0.3, -0.25) is 19.9 Å². The summed E-state index contributed by atoms with van der Waals surface area (Å²) in [6.07, 6.45) is 0.846. The second-order valence-electron chi connectivity index (χ2n) is 6.66. The van der Waals surface area contributed by atoms with Gasteiger partial charge in [-0.25, -0.2) is 4.79 Å². The third-order valence-electron chi connectivity index (χ3n) is 4.61. The van der Waals surface area contributed by atoms with E-state index in [9.17, 15) is 14.4 Å². The molecule has 2 amide bonds. The van der Waals surface area contributed by atoms with Crippen LogP contribution in [0.25, 0.3) is 0 Å². The lowest BCUT2D eigenvalue weighted by atomic mass is 10.1. The first-order valence-electron chi connectivity index (χ1n) is 9.68. The molecule has 0 unspecified atom stereocenters. The molecule has 30 heavy (non-hydrogen) atoms. The summed E-state index contributed by atoms with van der Waals surface area (Å²) in [7, 11) is 0. The van der Waals surface area contributed by atoms with E-state index in [1.807, 2.05) is 31.2 Å². The zero-order valence-electron chi connectivity index (χ0n) is 16.8. The Hall–Kier alpha value is -3.13. The van der Waals surface area contributed by atoms with Crippen LogP contribution in [0.2, 0.25) is 0 Å². The highest BCUT2D eigenvalue weighted by Crippen LogP contribution is 2.33. The molecular weight excluding hydrogens is 402 g/mol. The van der Waals surface area contributed by atoms with Crippen LogP contribution in [0, 0.1) is 5.41 Å². The zero-order valence-corrected chi connectivity index (χ0v) is 17.6. The van der Waals surface area contributed by atoms with Crippen molar-refractivity contribution in [1.82, 2.24) is 0 Å². The monoisotopic (exact) mass is 425 g/mol.